The molecule has 0 radical (unpaired) electrons. The Balaban J connectivity index is 1.03. The molecule has 1 saturated carbocycles. The van der Waals surface area contributed by atoms with Crippen molar-refractivity contribution in [3.63, 3.8) is 0 Å². The first-order valence-electron chi connectivity index (χ1n) is 22.2. The fraction of sp³-hybridized carbons (Fsp3) is 0.0877. The number of oxazole rings is 1. The van der Waals surface area contributed by atoms with Crippen LogP contribution in [0.25, 0.3) is 112 Å². The molecular formula is C57H38N6O. The van der Waals surface area contributed by atoms with E-state index in [4.69, 9.17) is 24.4 Å². The summed E-state index contributed by atoms with van der Waals surface area (Å²) in [7, 11) is 0. The lowest BCUT2D eigenvalue weighted by Crippen LogP contribution is -2.20. The summed E-state index contributed by atoms with van der Waals surface area (Å²) in [6.07, 6.45) is 4.92. The van der Waals surface area contributed by atoms with E-state index in [1.165, 1.54) is 47.9 Å². The van der Waals surface area contributed by atoms with Crippen molar-refractivity contribution >= 4 is 54.7 Å². The third-order valence-corrected chi connectivity index (χ3v) is 14.0. The molecule has 0 aliphatic heterocycles. The summed E-state index contributed by atoms with van der Waals surface area (Å²) in [6.45, 7) is 0. The van der Waals surface area contributed by atoms with Crippen molar-refractivity contribution in [1.82, 2.24) is 29.1 Å². The number of hydrogen-bond acceptors (Lipinski definition) is 5. The second kappa shape index (κ2) is 13.4. The highest BCUT2D eigenvalue weighted by Gasteiger charge is 2.45. The Hall–Kier alpha value is -8.16. The van der Waals surface area contributed by atoms with Crippen LogP contribution in [0.2, 0.25) is 0 Å². The van der Waals surface area contributed by atoms with E-state index >= 15 is 0 Å². The van der Waals surface area contributed by atoms with Gasteiger partial charge >= 0.3 is 0 Å². The van der Waals surface area contributed by atoms with Crippen molar-refractivity contribution in [3.8, 4) is 57.0 Å². The van der Waals surface area contributed by atoms with Gasteiger partial charge < -0.3 is 8.98 Å². The molecule has 14 rings (SSSR count). The molecule has 4 aromatic heterocycles. The lowest BCUT2D eigenvalue weighted by Gasteiger charge is -2.26. The van der Waals surface area contributed by atoms with E-state index in [2.05, 4.69) is 155 Å². The number of rotatable bonds is 5. The fourth-order valence-electron chi connectivity index (χ4n) is 11.2. The molecule has 12 aromatic rings. The Morgan fingerprint density at radius 2 is 1.03 bits per heavy atom. The molecular weight excluding hydrogens is 785 g/mol. The first-order chi connectivity index (χ1) is 31.7. The van der Waals surface area contributed by atoms with Crippen molar-refractivity contribution in [2.45, 2.75) is 31.1 Å². The van der Waals surface area contributed by atoms with Crippen LogP contribution < -0.4 is 0 Å². The summed E-state index contributed by atoms with van der Waals surface area (Å²) in [6, 6.07) is 64.2. The summed E-state index contributed by atoms with van der Waals surface area (Å²) < 4.78 is 11.6. The molecule has 4 heterocycles. The molecule has 1 fully saturated rings. The SMILES string of the molecule is c1ccc(-c2nc(-c3ccccc3)nc(-n3c4ccccc4c4ccc5c6ccccc6n(-c6cccc7nc(-c8ccc9c(c8)-c8ccccc8C98CCCC8)oc67)c5c43)n2)cc1. The summed E-state index contributed by atoms with van der Waals surface area (Å²) in [5.41, 5.74) is 15.0. The van der Waals surface area contributed by atoms with Gasteiger partial charge in [-0.2, -0.15) is 9.97 Å². The molecule has 0 amide bonds. The smallest absolute Gasteiger partial charge is 0.238 e. The van der Waals surface area contributed by atoms with Crippen LogP contribution in [-0.4, -0.2) is 29.1 Å². The Labute approximate surface area is 368 Å². The van der Waals surface area contributed by atoms with Crippen molar-refractivity contribution < 1.29 is 4.42 Å². The van der Waals surface area contributed by atoms with Crippen molar-refractivity contribution in [2.75, 3.05) is 0 Å². The highest BCUT2D eigenvalue weighted by atomic mass is 16.3. The van der Waals surface area contributed by atoms with Crippen LogP contribution in [0.15, 0.2) is 186 Å². The van der Waals surface area contributed by atoms with E-state index in [0.29, 0.717) is 23.5 Å². The largest absolute Gasteiger partial charge is 0.434 e. The van der Waals surface area contributed by atoms with Gasteiger partial charge in [-0.25, -0.2) is 9.97 Å². The van der Waals surface area contributed by atoms with Crippen LogP contribution in [0.3, 0.4) is 0 Å². The minimum absolute atomic E-state index is 0.108. The van der Waals surface area contributed by atoms with E-state index in [0.717, 1.165) is 77.1 Å². The number of hydrogen-bond donors (Lipinski definition) is 0. The summed E-state index contributed by atoms with van der Waals surface area (Å²) >= 11 is 0. The van der Waals surface area contributed by atoms with E-state index < -0.39 is 0 Å². The first-order valence-corrected chi connectivity index (χ1v) is 22.2. The summed E-state index contributed by atoms with van der Waals surface area (Å²) in [5.74, 6) is 2.37. The molecule has 2 aliphatic rings. The molecule has 2 aliphatic carbocycles. The molecule has 8 aromatic carbocycles. The molecule has 0 N–H and O–H groups in total. The summed E-state index contributed by atoms with van der Waals surface area (Å²) in [4.78, 5) is 20.8. The second-order valence-electron chi connectivity index (χ2n) is 17.3. The van der Waals surface area contributed by atoms with Gasteiger partial charge in [0.15, 0.2) is 17.2 Å². The van der Waals surface area contributed by atoms with Gasteiger partial charge in [0.05, 0.1) is 27.8 Å². The molecule has 0 bridgehead atoms. The highest BCUT2D eigenvalue weighted by Crippen LogP contribution is 2.57. The van der Waals surface area contributed by atoms with Crippen LogP contribution in [0, 0.1) is 0 Å². The molecule has 0 atom stereocenters. The average Bonchev–Trinajstić information content (AvgIpc) is 4.20. The molecule has 302 valence electrons. The monoisotopic (exact) mass is 822 g/mol. The third kappa shape index (κ3) is 4.97. The van der Waals surface area contributed by atoms with Crippen molar-refractivity contribution in [1.29, 1.82) is 0 Å². The zero-order valence-corrected chi connectivity index (χ0v) is 34.7. The van der Waals surface area contributed by atoms with Crippen LogP contribution in [-0.2, 0) is 5.41 Å². The van der Waals surface area contributed by atoms with E-state index in [-0.39, 0.29) is 5.41 Å². The average molecular weight is 823 g/mol. The quantitative estimate of drug-likeness (QED) is 0.173. The number of benzene rings is 8. The topological polar surface area (TPSA) is 74.6 Å². The van der Waals surface area contributed by atoms with E-state index in [1.807, 2.05) is 36.4 Å². The van der Waals surface area contributed by atoms with Crippen molar-refractivity contribution in [2.24, 2.45) is 0 Å². The van der Waals surface area contributed by atoms with Gasteiger partial charge in [0, 0.05) is 43.7 Å². The molecule has 0 unspecified atom stereocenters. The number of nitrogens with zero attached hydrogens (tertiary/aromatic N) is 6. The van der Waals surface area contributed by atoms with Crippen LogP contribution in [0.4, 0.5) is 0 Å². The Kier molecular flexibility index (Phi) is 7.43. The maximum atomic E-state index is 7.02. The third-order valence-electron chi connectivity index (χ3n) is 14.0. The molecule has 1 spiro atoms. The van der Waals surface area contributed by atoms with Gasteiger partial charge in [-0.05, 0) is 71.5 Å². The second-order valence-corrected chi connectivity index (χ2v) is 17.3. The van der Waals surface area contributed by atoms with E-state index in [1.54, 1.807) is 0 Å². The van der Waals surface area contributed by atoms with Gasteiger partial charge in [0.1, 0.15) is 5.52 Å². The number of aromatic nitrogens is 6. The van der Waals surface area contributed by atoms with Crippen LogP contribution >= 0.6 is 0 Å². The molecule has 7 heteroatoms. The van der Waals surface area contributed by atoms with Gasteiger partial charge in [-0.1, -0.05) is 158 Å². The van der Waals surface area contributed by atoms with Gasteiger partial charge in [-0.3, -0.25) is 4.57 Å². The molecule has 7 nitrogen and oxygen atoms in total. The maximum absolute atomic E-state index is 7.02. The Morgan fingerprint density at radius 3 is 1.73 bits per heavy atom. The fourth-order valence-corrected chi connectivity index (χ4v) is 11.2. The molecule has 0 saturated heterocycles. The summed E-state index contributed by atoms with van der Waals surface area (Å²) in [5, 5.41) is 4.45. The zero-order valence-electron chi connectivity index (χ0n) is 34.7. The lowest BCUT2D eigenvalue weighted by atomic mass is 9.77. The normalized spacial score (nSPS) is 14.1. The van der Waals surface area contributed by atoms with Crippen molar-refractivity contribution in [3.05, 3.63) is 193 Å². The predicted octanol–water partition coefficient (Wildman–Crippen LogP) is 14.0. The molecule has 64 heavy (non-hydrogen) atoms. The standard InChI is InChI=1S/C57H38N6O/c1-3-16-35(17-4-1)53-59-54(36-18-5-2-6-19-36)61-56(60-53)63-48-26-12-9-22-40(48)42-30-29-41-39-21-8-11-25-47(39)62(50(41)51(42)63)49-27-15-24-46-52(49)64-55(58-46)37-28-31-45-43(34-37)38-20-7-10-23-44(38)57(45)32-13-14-33-57/h1-12,15-31,34H,13-14,32-33H2. The van der Waals surface area contributed by atoms with Gasteiger partial charge in [0.2, 0.25) is 11.8 Å². The van der Waals surface area contributed by atoms with Gasteiger partial charge in [0.25, 0.3) is 0 Å². The number of para-hydroxylation sites is 3. The van der Waals surface area contributed by atoms with Gasteiger partial charge in [-0.15, -0.1) is 0 Å². The highest BCUT2D eigenvalue weighted by molar-refractivity contribution is 6.24. The Bertz CT molecular complexity index is 3800. The Morgan fingerprint density at radius 1 is 0.438 bits per heavy atom. The lowest BCUT2D eigenvalue weighted by molar-refractivity contribution is 0.550. The van der Waals surface area contributed by atoms with E-state index in [9.17, 15) is 0 Å². The first kappa shape index (κ1) is 35.4. The number of fused-ring (bicyclic) bond motifs is 13. The zero-order chi connectivity index (χ0) is 41.9. The maximum Gasteiger partial charge on any atom is 0.238 e. The predicted molar refractivity (Wildman–Crippen MR) is 257 cm³/mol. The van der Waals surface area contributed by atoms with Crippen LogP contribution in [0.1, 0.15) is 36.8 Å². The van der Waals surface area contributed by atoms with Crippen LogP contribution in [0.5, 0.6) is 0 Å². The minimum atomic E-state index is 0.108. The minimum Gasteiger partial charge on any atom is -0.434 e.